The minimum Gasteiger partial charge on any atom is -0.495 e. The van der Waals surface area contributed by atoms with Crippen LogP contribution in [0.3, 0.4) is 0 Å². The molecular formula is C12H15NO5. The normalized spacial score (nSPS) is 9.78. The van der Waals surface area contributed by atoms with Crippen LogP contribution < -0.4 is 10.5 Å². The number of esters is 2. The summed E-state index contributed by atoms with van der Waals surface area (Å²) < 4.78 is 14.3. The van der Waals surface area contributed by atoms with E-state index in [4.69, 9.17) is 10.5 Å². The van der Waals surface area contributed by atoms with E-state index in [0.717, 1.165) is 0 Å². The zero-order chi connectivity index (χ0) is 13.7. The number of ether oxygens (including phenoxy) is 3. The first-order valence-corrected chi connectivity index (χ1v) is 5.16. The Labute approximate surface area is 105 Å². The van der Waals surface area contributed by atoms with Crippen LogP contribution >= 0.6 is 0 Å². The minimum absolute atomic E-state index is 0.117. The van der Waals surface area contributed by atoms with E-state index < -0.39 is 11.9 Å². The smallest absolute Gasteiger partial charge is 0.341 e. The van der Waals surface area contributed by atoms with Gasteiger partial charge in [0.1, 0.15) is 16.9 Å². The van der Waals surface area contributed by atoms with Gasteiger partial charge >= 0.3 is 11.9 Å². The van der Waals surface area contributed by atoms with Gasteiger partial charge in [0.05, 0.1) is 21.3 Å². The molecular weight excluding hydrogens is 238 g/mol. The lowest BCUT2D eigenvalue weighted by atomic mass is 10.0. The Morgan fingerprint density at radius 1 is 1.06 bits per heavy atom. The molecule has 6 heteroatoms. The summed E-state index contributed by atoms with van der Waals surface area (Å²) in [5.74, 6) is -1.09. The molecule has 0 heterocycles. The number of rotatable bonds is 4. The van der Waals surface area contributed by atoms with Gasteiger partial charge in [-0.05, 0) is 17.7 Å². The molecule has 0 saturated carbocycles. The number of carbonyl (C=O) groups is 2. The molecule has 0 saturated heterocycles. The molecule has 0 unspecified atom stereocenters. The largest absolute Gasteiger partial charge is 0.495 e. The van der Waals surface area contributed by atoms with Gasteiger partial charge in [-0.3, -0.25) is 0 Å². The summed E-state index contributed by atoms with van der Waals surface area (Å²) in [7, 11) is 3.85. The fourth-order valence-electron chi connectivity index (χ4n) is 1.55. The van der Waals surface area contributed by atoms with Crippen LogP contribution in [-0.4, -0.2) is 33.3 Å². The molecule has 1 aromatic rings. The third kappa shape index (κ3) is 2.60. The van der Waals surface area contributed by atoms with Gasteiger partial charge in [-0.2, -0.15) is 0 Å². The highest BCUT2D eigenvalue weighted by Crippen LogP contribution is 2.27. The SMILES string of the molecule is COC(=O)c1cc(CN)cc(C(=O)OC)c1OC. The fourth-order valence-corrected chi connectivity index (χ4v) is 1.55. The van der Waals surface area contributed by atoms with Gasteiger partial charge in [-0.25, -0.2) is 9.59 Å². The highest BCUT2D eigenvalue weighted by molar-refractivity contribution is 6.00. The van der Waals surface area contributed by atoms with Crippen molar-refractivity contribution >= 4 is 11.9 Å². The van der Waals surface area contributed by atoms with Crippen LogP contribution in [0, 0.1) is 0 Å². The second-order valence-corrected chi connectivity index (χ2v) is 3.41. The van der Waals surface area contributed by atoms with E-state index >= 15 is 0 Å². The Bertz CT molecular complexity index is 433. The predicted octanol–water partition coefficient (Wildman–Crippen LogP) is 0.727. The molecule has 18 heavy (non-hydrogen) atoms. The van der Waals surface area contributed by atoms with E-state index in [1.165, 1.54) is 33.5 Å². The number of hydrogen-bond acceptors (Lipinski definition) is 6. The summed E-state index contributed by atoms with van der Waals surface area (Å²) in [5, 5.41) is 0. The molecule has 0 aliphatic rings. The molecule has 0 radical (unpaired) electrons. The zero-order valence-corrected chi connectivity index (χ0v) is 10.5. The molecule has 0 aliphatic heterocycles. The zero-order valence-electron chi connectivity index (χ0n) is 10.5. The standard InChI is InChI=1S/C12H15NO5/c1-16-10-8(11(14)17-2)4-7(6-13)5-9(10)12(15)18-3/h4-5H,6,13H2,1-3H3. The molecule has 98 valence electrons. The van der Waals surface area contributed by atoms with Crippen molar-refractivity contribution in [1.29, 1.82) is 0 Å². The van der Waals surface area contributed by atoms with Crippen molar-refractivity contribution in [3.8, 4) is 5.75 Å². The third-order valence-corrected chi connectivity index (χ3v) is 2.40. The quantitative estimate of drug-likeness (QED) is 0.796. The summed E-state index contributed by atoms with van der Waals surface area (Å²) in [6.07, 6.45) is 0. The van der Waals surface area contributed by atoms with E-state index in [1.807, 2.05) is 0 Å². The van der Waals surface area contributed by atoms with Gasteiger partial charge in [0, 0.05) is 6.54 Å². The molecule has 2 N–H and O–H groups in total. The second-order valence-electron chi connectivity index (χ2n) is 3.41. The summed E-state index contributed by atoms with van der Waals surface area (Å²) in [6, 6.07) is 3.05. The molecule has 0 aliphatic carbocycles. The van der Waals surface area contributed by atoms with Crippen LogP contribution in [0.25, 0.3) is 0 Å². The topological polar surface area (TPSA) is 87.9 Å². The van der Waals surface area contributed by atoms with Crippen molar-refractivity contribution in [2.75, 3.05) is 21.3 Å². The average molecular weight is 253 g/mol. The van der Waals surface area contributed by atoms with Gasteiger partial charge < -0.3 is 19.9 Å². The van der Waals surface area contributed by atoms with Gasteiger partial charge in [-0.1, -0.05) is 0 Å². The molecule has 1 rings (SSSR count). The van der Waals surface area contributed by atoms with E-state index in [9.17, 15) is 9.59 Å². The Balaban J connectivity index is 3.49. The number of nitrogens with two attached hydrogens (primary N) is 1. The fraction of sp³-hybridized carbons (Fsp3) is 0.333. The van der Waals surface area contributed by atoms with Crippen molar-refractivity contribution < 1.29 is 23.8 Å². The van der Waals surface area contributed by atoms with Crippen molar-refractivity contribution in [2.45, 2.75) is 6.54 Å². The van der Waals surface area contributed by atoms with Crippen LogP contribution in [0.15, 0.2) is 12.1 Å². The monoisotopic (exact) mass is 253 g/mol. The molecule has 0 bridgehead atoms. The lowest BCUT2D eigenvalue weighted by molar-refractivity contribution is 0.0591. The van der Waals surface area contributed by atoms with Crippen molar-refractivity contribution in [2.24, 2.45) is 5.73 Å². The Morgan fingerprint density at radius 3 is 1.78 bits per heavy atom. The molecule has 1 aromatic carbocycles. The van der Waals surface area contributed by atoms with E-state index in [2.05, 4.69) is 9.47 Å². The molecule has 0 aromatic heterocycles. The van der Waals surface area contributed by atoms with Crippen molar-refractivity contribution in [3.05, 3.63) is 28.8 Å². The van der Waals surface area contributed by atoms with E-state index in [-0.39, 0.29) is 23.4 Å². The number of carbonyl (C=O) groups excluding carboxylic acids is 2. The van der Waals surface area contributed by atoms with Crippen LogP contribution in [0.1, 0.15) is 26.3 Å². The predicted molar refractivity (Wildman–Crippen MR) is 63.6 cm³/mol. The molecule has 0 atom stereocenters. The van der Waals surface area contributed by atoms with E-state index in [1.54, 1.807) is 0 Å². The third-order valence-electron chi connectivity index (χ3n) is 2.40. The summed E-state index contributed by atoms with van der Waals surface area (Å²) in [5.41, 5.74) is 6.41. The van der Waals surface area contributed by atoms with Crippen LogP contribution in [0.5, 0.6) is 5.75 Å². The highest BCUT2D eigenvalue weighted by Gasteiger charge is 2.22. The maximum Gasteiger partial charge on any atom is 0.341 e. The van der Waals surface area contributed by atoms with Crippen LogP contribution in [0.4, 0.5) is 0 Å². The lowest BCUT2D eigenvalue weighted by Gasteiger charge is -2.13. The maximum absolute atomic E-state index is 11.6. The number of methoxy groups -OCH3 is 3. The van der Waals surface area contributed by atoms with Gasteiger partial charge in [0.25, 0.3) is 0 Å². The summed E-state index contributed by atoms with van der Waals surface area (Å²) in [6.45, 7) is 0.179. The highest BCUT2D eigenvalue weighted by atomic mass is 16.5. The van der Waals surface area contributed by atoms with Gasteiger partial charge in [0.15, 0.2) is 0 Å². The Hall–Kier alpha value is -2.08. The Kier molecular flexibility index (Phi) is 4.67. The van der Waals surface area contributed by atoms with Gasteiger partial charge in [0.2, 0.25) is 0 Å². The lowest BCUT2D eigenvalue weighted by Crippen LogP contribution is -2.12. The van der Waals surface area contributed by atoms with Crippen molar-refractivity contribution in [3.63, 3.8) is 0 Å². The summed E-state index contributed by atoms with van der Waals surface area (Å²) >= 11 is 0. The number of benzene rings is 1. The first-order chi connectivity index (χ1) is 8.58. The molecule has 0 spiro atoms. The van der Waals surface area contributed by atoms with Gasteiger partial charge in [-0.15, -0.1) is 0 Å². The molecule has 6 nitrogen and oxygen atoms in total. The summed E-state index contributed by atoms with van der Waals surface area (Å²) in [4.78, 5) is 23.3. The van der Waals surface area contributed by atoms with Crippen LogP contribution in [0.2, 0.25) is 0 Å². The Morgan fingerprint density at radius 2 is 1.50 bits per heavy atom. The first-order valence-electron chi connectivity index (χ1n) is 5.16. The van der Waals surface area contributed by atoms with Crippen molar-refractivity contribution in [1.82, 2.24) is 0 Å². The first kappa shape index (κ1) is 14.0. The van der Waals surface area contributed by atoms with Crippen LogP contribution in [-0.2, 0) is 16.0 Å². The number of hydrogen-bond donors (Lipinski definition) is 1. The minimum atomic E-state index is -0.604. The maximum atomic E-state index is 11.6. The molecule has 0 amide bonds. The average Bonchev–Trinajstić information content (AvgIpc) is 2.43. The van der Waals surface area contributed by atoms with E-state index in [0.29, 0.717) is 5.56 Å². The second kappa shape index (κ2) is 6.02. The molecule has 0 fully saturated rings.